The fourth-order valence-corrected chi connectivity index (χ4v) is 1.83. The first-order valence-corrected chi connectivity index (χ1v) is 5.79. The standard InChI is InChI=1S/C12H14O8/c13-5-3-1-2-4-6(5)19-12-9(16)7(14)8(15)10(20-12)11(17)18/h1-4,7-10,12-16H,(H,17,18). The Bertz CT molecular complexity index is 490. The molecule has 0 radical (unpaired) electrons. The maximum atomic E-state index is 10.9. The molecular formula is C12H14O8. The number of ether oxygens (including phenoxy) is 2. The lowest BCUT2D eigenvalue weighted by Crippen LogP contribution is -2.61. The van der Waals surface area contributed by atoms with Crippen LogP contribution in [-0.4, -0.2) is 62.2 Å². The molecule has 1 heterocycles. The number of hydrogen-bond donors (Lipinski definition) is 5. The number of para-hydroxylation sites is 2. The maximum absolute atomic E-state index is 10.9. The lowest BCUT2D eigenvalue weighted by atomic mass is 9.99. The van der Waals surface area contributed by atoms with Gasteiger partial charge in [-0.2, -0.15) is 0 Å². The van der Waals surface area contributed by atoms with Crippen LogP contribution >= 0.6 is 0 Å². The van der Waals surface area contributed by atoms with Crippen LogP contribution in [-0.2, 0) is 9.53 Å². The van der Waals surface area contributed by atoms with Gasteiger partial charge in [0.15, 0.2) is 17.6 Å². The van der Waals surface area contributed by atoms with Crippen molar-refractivity contribution in [2.45, 2.75) is 30.7 Å². The van der Waals surface area contributed by atoms with Gasteiger partial charge in [0.25, 0.3) is 0 Å². The molecule has 2 rings (SSSR count). The largest absolute Gasteiger partial charge is 0.504 e. The molecule has 8 heteroatoms. The van der Waals surface area contributed by atoms with Gasteiger partial charge in [-0.05, 0) is 12.1 Å². The van der Waals surface area contributed by atoms with E-state index in [1.807, 2.05) is 0 Å². The lowest BCUT2D eigenvalue weighted by molar-refractivity contribution is -0.271. The Morgan fingerprint density at radius 3 is 2.35 bits per heavy atom. The molecule has 1 aliphatic rings. The zero-order valence-electron chi connectivity index (χ0n) is 10.2. The smallest absolute Gasteiger partial charge is 0.335 e. The van der Waals surface area contributed by atoms with Crippen molar-refractivity contribution in [1.29, 1.82) is 0 Å². The van der Waals surface area contributed by atoms with Crippen LogP contribution < -0.4 is 4.74 Å². The van der Waals surface area contributed by atoms with Crippen molar-refractivity contribution >= 4 is 5.97 Å². The van der Waals surface area contributed by atoms with Gasteiger partial charge in [0.2, 0.25) is 6.29 Å². The number of phenolic OH excluding ortho intramolecular Hbond substituents is 1. The summed E-state index contributed by atoms with van der Waals surface area (Å²) in [5.74, 6) is -1.80. The normalized spacial score (nSPS) is 33.6. The quantitative estimate of drug-likeness (QED) is 0.460. The van der Waals surface area contributed by atoms with E-state index >= 15 is 0 Å². The Morgan fingerprint density at radius 1 is 1.10 bits per heavy atom. The van der Waals surface area contributed by atoms with E-state index in [1.54, 1.807) is 12.1 Å². The minimum absolute atomic E-state index is 0.0516. The van der Waals surface area contributed by atoms with Crippen LogP contribution in [0.4, 0.5) is 0 Å². The summed E-state index contributed by atoms with van der Waals surface area (Å²) in [6, 6.07) is 5.78. The van der Waals surface area contributed by atoms with E-state index in [-0.39, 0.29) is 11.5 Å². The van der Waals surface area contributed by atoms with Crippen molar-refractivity contribution in [3.63, 3.8) is 0 Å². The molecule has 1 aromatic carbocycles. The highest BCUT2D eigenvalue weighted by atomic mass is 16.7. The SMILES string of the molecule is O=C(O)C1OC(Oc2ccccc2O)C(O)C(O)C1O. The molecule has 1 aliphatic heterocycles. The number of aliphatic hydroxyl groups excluding tert-OH is 3. The van der Waals surface area contributed by atoms with Gasteiger partial charge in [0.05, 0.1) is 0 Å². The summed E-state index contributed by atoms with van der Waals surface area (Å²) in [7, 11) is 0. The number of hydrogen-bond acceptors (Lipinski definition) is 7. The molecule has 0 amide bonds. The number of carbonyl (C=O) groups is 1. The van der Waals surface area contributed by atoms with Gasteiger partial charge in [-0.1, -0.05) is 12.1 Å². The molecule has 0 bridgehead atoms. The van der Waals surface area contributed by atoms with Crippen LogP contribution in [0, 0.1) is 0 Å². The van der Waals surface area contributed by atoms with E-state index in [1.165, 1.54) is 12.1 Å². The van der Waals surface area contributed by atoms with E-state index in [9.17, 15) is 25.2 Å². The molecule has 5 atom stereocenters. The first-order valence-electron chi connectivity index (χ1n) is 5.79. The highest BCUT2D eigenvalue weighted by Crippen LogP contribution is 2.29. The number of carboxylic acid groups (broad SMARTS) is 1. The Morgan fingerprint density at radius 2 is 1.75 bits per heavy atom. The molecule has 0 saturated carbocycles. The number of aliphatic carboxylic acids is 1. The second kappa shape index (κ2) is 5.63. The third-order valence-corrected chi connectivity index (χ3v) is 2.92. The zero-order chi connectivity index (χ0) is 14.9. The van der Waals surface area contributed by atoms with Gasteiger partial charge < -0.3 is 35.0 Å². The topological polar surface area (TPSA) is 137 Å². The van der Waals surface area contributed by atoms with Crippen molar-refractivity contribution in [2.24, 2.45) is 0 Å². The van der Waals surface area contributed by atoms with Gasteiger partial charge in [-0.25, -0.2) is 4.79 Å². The van der Waals surface area contributed by atoms with Crippen LogP contribution in [0.25, 0.3) is 0 Å². The molecule has 1 saturated heterocycles. The summed E-state index contributed by atoms with van der Waals surface area (Å²) < 4.78 is 10.0. The molecule has 1 aromatic rings. The van der Waals surface area contributed by atoms with E-state index in [4.69, 9.17) is 14.6 Å². The van der Waals surface area contributed by atoms with Crippen LogP contribution in [0.2, 0.25) is 0 Å². The number of benzene rings is 1. The third kappa shape index (κ3) is 2.68. The second-order valence-electron chi connectivity index (χ2n) is 4.32. The first-order chi connectivity index (χ1) is 9.41. The van der Waals surface area contributed by atoms with Gasteiger partial charge in [0, 0.05) is 0 Å². The number of phenols is 1. The Kier molecular flexibility index (Phi) is 4.09. The minimum atomic E-state index is -1.79. The molecule has 5 unspecified atom stereocenters. The molecule has 0 aliphatic carbocycles. The number of aromatic hydroxyl groups is 1. The monoisotopic (exact) mass is 286 g/mol. The summed E-state index contributed by atoms with van der Waals surface area (Å²) >= 11 is 0. The van der Waals surface area contributed by atoms with Crippen molar-refractivity contribution in [2.75, 3.05) is 0 Å². The highest BCUT2D eigenvalue weighted by molar-refractivity contribution is 5.73. The van der Waals surface area contributed by atoms with E-state index in [2.05, 4.69) is 0 Å². The summed E-state index contributed by atoms with van der Waals surface area (Å²) in [5.41, 5.74) is 0. The number of rotatable bonds is 3. The van der Waals surface area contributed by atoms with Gasteiger partial charge in [-0.15, -0.1) is 0 Å². The molecule has 1 fully saturated rings. The summed E-state index contributed by atoms with van der Waals surface area (Å²) in [4.78, 5) is 10.9. The van der Waals surface area contributed by atoms with E-state index in [0.717, 1.165) is 0 Å². The molecule has 5 N–H and O–H groups in total. The molecular weight excluding hydrogens is 272 g/mol. The molecule has 8 nitrogen and oxygen atoms in total. The fourth-order valence-electron chi connectivity index (χ4n) is 1.83. The summed E-state index contributed by atoms with van der Waals surface area (Å²) in [5, 5.41) is 47.2. The molecule has 0 aromatic heterocycles. The van der Waals surface area contributed by atoms with Crippen LogP contribution in [0.5, 0.6) is 11.5 Å². The van der Waals surface area contributed by atoms with Crippen molar-refractivity contribution in [3.05, 3.63) is 24.3 Å². The van der Waals surface area contributed by atoms with Crippen molar-refractivity contribution in [3.8, 4) is 11.5 Å². The van der Waals surface area contributed by atoms with Crippen molar-refractivity contribution < 1.29 is 39.8 Å². The molecule has 0 spiro atoms. The zero-order valence-corrected chi connectivity index (χ0v) is 10.2. The van der Waals surface area contributed by atoms with Crippen LogP contribution in [0.15, 0.2) is 24.3 Å². The average molecular weight is 286 g/mol. The fraction of sp³-hybridized carbons (Fsp3) is 0.417. The average Bonchev–Trinajstić information content (AvgIpc) is 2.41. The van der Waals surface area contributed by atoms with Gasteiger partial charge in [-0.3, -0.25) is 0 Å². The van der Waals surface area contributed by atoms with Crippen LogP contribution in [0.3, 0.4) is 0 Å². The summed E-state index contributed by atoms with van der Waals surface area (Å²) in [6.45, 7) is 0. The molecule has 110 valence electrons. The van der Waals surface area contributed by atoms with Gasteiger partial charge in [0.1, 0.15) is 18.3 Å². The predicted molar refractivity (Wildman–Crippen MR) is 63.1 cm³/mol. The molecule has 20 heavy (non-hydrogen) atoms. The van der Waals surface area contributed by atoms with E-state index < -0.39 is 36.7 Å². The van der Waals surface area contributed by atoms with Crippen molar-refractivity contribution in [1.82, 2.24) is 0 Å². The second-order valence-corrected chi connectivity index (χ2v) is 4.32. The Balaban J connectivity index is 2.18. The maximum Gasteiger partial charge on any atom is 0.335 e. The summed E-state index contributed by atoms with van der Waals surface area (Å²) in [6.07, 6.45) is -8.49. The predicted octanol–water partition coefficient (Wildman–Crippen LogP) is -1.34. The number of carboxylic acids is 1. The number of aliphatic hydroxyl groups is 3. The Hall–Kier alpha value is -1.87. The van der Waals surface area contributed by atoms with E-state index in [0.29, 0.717) is 0 Å². The first kappa shape index (κ1) is 14.5. The van der Waals surface area contributed by atoms with Gasteiger partial charge >= 0.3 is 5.97 Å². The van der Waals surface area contributed by atoms with Crippen LogP contribution in [0.1, 0.15) is 0 Å². The lowest BCUT2D eigenvalue weighted by Gasteiger charge is -2.38. The highest BCUT2D eigenvalue weighted by Gasteiger charge is 2.48. The minimum Gasteiger partial charge on any atom is -0.504 e. The Labute approximate surface area is 113 Å². The third-order valence-electron chi connectivity index (χ3n) is 2.92.